The maximum absolute atomic E-state index is 12.1. The zero-order valence-electron chi connectivity index (χ0n) is 12.7. The number of ether oxygens (including phenoxy) is 1. The summed E-state index contributed by atoms with van der Waals surface area (Å²) in [6.45, 7) is 1.88. The summed E-state index contributed by atoms with van der Waals surface area (Å²) < 4.78 is 5.19. The van der Waals surface area contributed by atoms with E-state index in [4.69, 9.17) is 9.84 Å². The number of carbonyl (C=O) groups excluding carboxylic acids is 1. The van der Waals surface area contributed by atoms with E-state index in [1.54, 1.807) is 13.3 Å². The number of rotatable bonds is 7. The summed E-state index contributed by atoms with van der Waals surface area (Å²) in [5, 5.41) is 12.5. The molecule has 1 heterocycles. The van der Waals surface area contributed by atoms with Crippen molar-refractivity contribution < 1.29 is 19.4 Å². The summed E-state index contributed by atoms with van der Waals surface area (Å²) in [5.41, 5.74) is 1.72. The number of methoxy groups -OCH3 is 1. The molecule has 1 atom stereocenters. The normalized spacial score (nSPS) is 12.1. The summed E-state index contributed by atoms with van der Waals surface area (Å²) in [7, 11) is 1.59. The standard InChI is InChI=1S/C16H20N2O4/c1-3-4-14(16(20)21)18-15(19)7-10-9-17-13-6-5-11(22-2)8-12(10)13/h5-6,8-9,14,17H,3-4,7H2,1-2H3,(H,18,19)(H,20,21). The van der Waals surface area contributed by atoms with Crippen LogP contribution in [0.2, 0.25) is 0 Å². The van der Waals surface area contributed by atoms with E-state index in [9.17, 15) is 9.59 Å². The molecule has 3 N–H and O–H groups in total. The minimum atomic E-state index is -1.00. The molecule has 1 unspecified atom stereocenters. The lowest BCUT2D eigenvalue weighted by atomic mass is 10.1. The second-order valence-electron chi connectivity index (χ2n) is 5.15. The molecule has 0 aliphatic heterocycles. The third-order valence-corrected chi connectivity index (χ3v) is 3.54. The largest absolute Gasteiger partial charge is 0.497 e. The minimum Gasteiger partial charge on any atom is -0.497 e. The molecule has 0 aliphatic rings. The van der Waals surface area contributed by atoms with Gasteiger partial charge in [0.15, 0.2) is 0 Å². The average Bonchev–Trinajstić information content (AvgIpc) is 2.88. The molecular formula is C16H20N2O4. The van der Waals surface area contributed by atoms with Gasteiger partial charge in [-0.2, -0.15) is 0 Å². The Balaban J connectivity index is 2.12. The number of hydrogen-bond acceptors (Lipinski definition) is 3. The number of nitrogens with one attached hydrogen (secondary N) is 2. The van der Waals surface area contributed by atoms with Crippen molar-refractivity contribution in [2.24, 2.45) is 0 Å². The van der Waals surface area contributed by atoms with Crippen molar-refractivity contribution in [1.82, 2.24) is 10.3 Å². The number of benzene rings is 1. The maximum Gasteiger partial charge on any atom is 0.326 e. The second-order valence-corrected chi connectivity index (χ2v) is 5.15. The van der Waals surface area contributed by atoms with E-state index in [1.165, 1.54) is 0 Å². The van der Waals surface area contributed by atoms with E-state index in [-0.39, 0.29) is 12.3 Å². The van der Waals surface area contributed by atoms with Crippen molar-refractivity contribution in [3.8, 4) is 5.75 Å². The van der Waals surface area contributed by atoms with E-state index in [0.717, 1.165) is 16.5 Å². The van der Waals surface area contributed by atoms with Crippen LogP contribution in [0.1, 0.15) is 25.3 Å². The van der Waals surface area contributed by atoms with Crippen molar-refractivity contribution in [3.63, 3.8) is 0 Å². The highest BCUT2D eigenvalue weighted by Gasteiger charge is 2.19. The Morgan fingerprint density at radius 1 is 1.41 bits per heavy atom. The monoisotopic (exact) mass is 304 g/mol. The number of carboxylic acids is 1. The van der Waals surface area contributed by atoms with Crippen molar-refractivity contribution >= 4 is 22.8 Å². The van der Waals surface area contributed by atoms with Gasteiger partial charge in [-0.3, -0.25) is 4.79 Å². The van der Waals surface area contributed by atoms with Gasteiger partial charge in [0.05, 0.1) is 13.5 Å². The second kappa shape index (κ2) is 6.98. The SMILES string of the molecule is CCCC(NC(=O)Cc1c[nH]c2ccc(OC)cc12)C(=O)O. The van der Waals surface area contributed by atoms with Gasteiger partial charge in [0.25, 0.3) is 0 Å². The van der Waals surface area contributed by atoms with Crippen LogP contribution in [0.15, 0.2) is 24.4 Å². The summed E-state index contributed by atoms with van der Waals surface area (Å²) in [6, 6.07) is 4.74. The van der Waals surface area contributed by atoms with E-state index < -0.39 is 12.0 Å². The molecule has 2 rings (SSSR count). The number of carbonyl (C=O) groups is 2. The molecule has 0 radical (unpaired) electrons. The first kappa shape index (κ1) is 15.9. The van der Waals surface area contributed by atoms with E-state index in [0.29, 0.717) is 18.6 Å². The van der Waals surface area contributed by atoms with Gasteiger partial charge in [0.1, 0.15) is 11.8 Å². The van der Waals surface area contributed by atoms with Crippen LogP contribution in [0, 0.1) is 0 Å². The molecule has 0 spiro atoms. The summed E-state index contributed by atoms with van der Waals surface area (Å²) in [4.78, 5) is 26.3. The Bertz CT molecular complexity index is 678. The van der Waals surface area contributed by atoms with Gasteiger partial charge in [0, 0.05) is 17.1 Å². The molecule has 6 heteroatoms. The topological polar surface area (TPSA) is 91.4 Å². The zero-order chi connectivity index (χ0) is 16.1. The summed E-state index contributed by atoms with van der Waals surface area (Å²) >= 11 is 0. The highest BCUT2D eigenvalue weighted by Crippen LogP contribution is 2.23. The highest BCUT2D eigenvalue weighted by atomic mass is 16.5. The van der Waals surface area contributed by atoms with E-state index in [1.807, 2.05) is 25.1 Å². The number of fused-ring (bicyclic) bond motifs is 1. The Labute approximate surface area is 128 Å². The number of aliphatic carboxylic acids is 1. The molecule has 1 amide bonds. The van der Waals surface area contributed by atoms with Gasteiger partial charge in [-0.15, -0.1) is 0 Å². The van der Waals surface area contributed by atoms with Crippen molar-refractivity contribution in [2.45, 2.75) is 32.2 Å². The fraction of sp³-hybridized carbons (Fsp3) is 0.375. The molecule has 0 saturated carbocycles. The van der Waals surface area contributed by atoms with Crippen LogP contribution in [0.3, 0.4) is 0 Å². The molecular weight excluding hydrogens is 284 g/mol. The first-order valence-electron chi connectivity index (χ1n) is 7.21. The van der Waals surface area contributed by atoms with Crippen LogP contribution in [-0.2, 0) is 16.0 Å². The lowest BCUT2D eigenvalue weighted by Crippen LogP contribution is -2.41. The first-order chi connectivity index (χ1) is 10.5. The summed E-state index contributed by atoms with van der Waals surface area (Å²) in [5.74, 6) is -0.594. The quantitative estimate of drug-likeness (QED) is 0.730. The van der Waals surface area contributed by atoms with Crippen LogP contribution < -0.4 is 10.1 Å². The van der Waals surface area contributed by atoms with E-state index >= 15 is 0 Å². The number of hydrogen-bond donors (Lipinski definition) is 3. The molecule has 118 valence electrons. The van der Waals surface area contributed by atoms with Crippen LogP contribution in [0.5, 0.6) is 5.75 Å². The molecule has 0 bridgehead atoms. The minimum absolute atomic E-state index is 0.126. The van der Waals surface area contributed by atoms with Gasteiger partial charge in [0.2, 0.25) is 5.91 Å². The third kappa shape index (κ3) is 3.58. The van der Waals surface area contributed by atoms with Crippen LogP contribution in [0.25, 0.3) is 10.9 Å². The van der Waals surface area contributed by atoms with Crippen LogP contribution in [-0.4, -0.2) is 35.1 Å². The van der Waals surface area contributed by atoms with E-state index in [2.05, 4.69) is 10.3 Å². The number of aromatic nitrogens is 1. The van der Waals surface area contributed by atoms with Gasteiger partial charge < -0.3 is 20.1 Å². The number of amides is 1. The van der Waals surface area contributed by atoms with Gasteiger partial charge in [-0.1, -0.05) is 13.3 Å². The Morgan fingerprint density at radius 3 is 2.82 bits per heavy atom. The molecule has 1 aromatic heterocycles. The predicted octanol–water partition coefficient (Wildman–Crippen LogP) is 2.09. The smallest absolute Gasteiger partial charge is 0.326 e. The van der Waals surface area contributed by atoms with Crippen LogP contribution in [0.4, 0.5) is 0 Å². The molecule has 1 aromatic carbocycles. The Morgan fingerprint density at radius 2 is 2.18 bits per heavy atom. The fourth-order valence-corrected chi connectivity index (χ4v) is 2.40. The zero-order valence-corrected chi connectivity index (χ0v) is 12.7. The lowest BCUT2D eigenvalue weighted by Gasteiger charge is -2.13. The van der Waals surface area contributed by atoms with Gasteiger partial charge in [-0.25, -0.2) is 4.79 Å². The number of carboxylic acid groups (broad SMARTS) is 1. The Hall–Kier alpha value is -2.50. The predicted molar refractivity (Wildman–Crippen MR) is 83.0 cm³/mol. The Kier molecular flexibility index (Phi) is 5.04. The molecule has 0 saturated heterocycles. The van der Waals surface area contributed by atoms with Crippen molar-refractivity contribution in [1.29, 1.82) is 0 Å². The molecule has 6 nitrogen and oxygen atoms in total. The lowest BCUT2D eigenvalue weighted by molar-refractivity contribution is -0.141. The fourth-order valence-electron chi connectivity index (χ4n) is 2.40. The third-order valence-electron chi connectivity index (χ3n) is 3.54. The number of H-pyrrole nitrogens is 1. The molecule has 0 fully saturated rings. The molecule has 0 aliphatic carbocycles. The van der Waals surface area contributed by atoms with Crippen LogP contribution >= 0.6 is 0 Å². The average molecular weight is 304 g/mol. The van der Waals surface area contributed by atoms with Crippen molar-refractivity contribution in [2.75, 3.05) is 7.11 Å². The van der Waals surface area contributed by atoms with Gasteiger partial charge in [-0.05, 0) is 30.2 Å². The number of aromatic amines is 1. The molecule has 2 aromatic rings. The highest BCUT2D eigenvalue weighted by molar-refractivity contribution is 5.91. The maximum atomic E-state index is 12.1. The van der Waals surface area contributed by atoms with Gasteiger partial charge >= 0.3 is 5.97 Å². The summed E-state index contributed by atoms with van der Waals surface area (Å²) in [6.07, 6.45) is 3.00. The first-order valence-corrected chi connectivity index (χ1v) is 7.21. The van der Waals surface area contributed by atoms with Crippen molar-refractivity contribution in [3.05, 3.63) is 30.0 Å². The molecule has 22 heavy (non-hydrogen) atoms.